The number of rotatable bonds is 5. The largest absolute Gasteiger partial charge is 0.364 e. The van der Waals surface area contributed by atoms with Crippen molar-refractivity contribution in [2.24, 2.45) is 0 Å². The summed E-state index contributed by atoms with van der Waals surface area (Å²) in [5, 5.41) is 9.20. The van der Waals surface area contributed by atoms with Crippen molar-refractivity contribution in [3.05, 3.63) is 29.8 Å². The third kappa shape index (κ3) is 4.84. The van der Waals surface area contributed by atoms with Crippen LogP contribution in [-0.4, -0.2) is 57.6 Å². The monoisotopic (exact) mass is 440 g/mol. The Morgan fingerprint density at radius 2 is 1.84 bits per heavy atom. The number of carbonyl (C=O) groups is 1. The molecule has 1 aromatic carbocycles. The zero-order valence-electron chi connectivity index (χ0n) is 19.1. The molecule has 8 heteroatoms. The molecule has 2 aromatic heterocycles. The Labute approximate surface area is 188 Å². The van der Waals surface area contributed by atoms with Gasteiger partial charge < -0.3 is 15.1 Å². The van der Waals surface area contributed by atoms with Crippen LogP contribution in [0.5, 0.6) is 0 Å². The number of nitrogens with one attached hydrogen (secondary N) is 1. The Balaban J connectivity index is 1.63. The van der Waals surface area contributed by atoms with E-state index in [1.165, 1.54) is 23.3 Å². The minimum absolute atomic E-state index is 0.144. The summed E-state index contributed by atoms with van der Waals surface area (Å²) >= 11 is 1.51. The molecule has 1 aliphatic rings. The van der Waals surface area contributed by atoms with Crippen LogP contribution in [0.2, 0.25) is 0 Å². The van der Waals surface area contributed by atoms with Crippen molar-refractivity contribution in [1.29, 1.82) is 0 Å². The third-order valence-corrected chi connectivity index (χ3v) is 6.44. The molecule has 166 valence electrons. The van der Waals surface area contributed by atoms with E-state index >= 15 is 0 Å². The second-order valence-corrected chi connectivity index (χ2v) is 10.4. The highest BCUT2D eigenvalue weighted by Crippen LogP contribution is 2.34. The van der Waals surface area contributed by atoms with Gasteiger partial charge in [0.1, 0.15) is 5.69 Å². The van der Waals surface area contributed by atoms with E-state index in [4.69, 9.17) is 10.1 Å². The van der Waals surface area contributed by atoms with Crippen molar-refractivity contribution in [3.8, 4) is 11.3 Å². The Morgan fingerprint density at radius 1 is 1.16 bits per heavy atom. The molecule has 7 nitrogen and oxygen atoms in total. The molecule has 0 saturated carbocycles. The van der Waals surface area contributed by atoms with Crippen LogP contribution in [0.25, 0.3) is 16.2 Å². The molecule has 4 rings (SSSR count). The van der Waals surface area contributed by atoms with Crippen LogP contribution in [0, 0.1) is 6.92 Å². The molecule has 3 aromatic rings. The summed E-state index contributed by atoms with van der Waals surface area (Å²) < 4.78 is 1.88. The molecule has 0 spiro atoms. The molecule has 31 heavy (non-hydrogen) atoms. The number of hydrogen-bond acceptors (Lipinski definition) is 6. The first-order valence-electron chi connectivity index (χ1n) is 10.9. The van der Waals surface area contributed by atoms with Gasteiger partial charge in [0, 0.05) is 31.2 Å². The topological polar surface area (TPSA) is 65.8 Å². The predicted molar refractivity (Wildman–Crippen MR) is 128 cm³/mol. The maximum absolute atomic E-state index is 12.7. The quantitative estimate of drug-likeness (QED) is 0.636. The molecule has 3 heterocycles. The Bertz CT molecular complexity index is 1060. The van der Waals surface area contributed by atoms with Crippen LogP contribution in [0.15, 0.2) is 24.3 Å². The van der Waals surface area contributed by atoms with E-state index in [1.807, 2.05) is 21.4 Å². The molecule has 0 radical (unpaired) electrons. The maximum Gasteiger partial charge on any atom is 0.242 e. The summed E-state index contributed by atoms with van der Waals surface area (Å²) in [5.41, 5.74) is 3.03. The zero-order valence-corrected chi connectivity index (χ0v) is 19.9. The SMILES string of the molecule is Cc1ccc(-c2nc3sc(N(C)CC(=O)N4CCCCC4)nn3c2NC(C)(C)C)cc1. The van der Waals surface area contributed by atoms with Crippen molar-refractivity contribution in [2.45, 2.75) is 52.5 Å². The summed E-state index contributed by atoms with van der Waals surface area (Å²) in [6.07, 6.45) is 3.42. The van der Waals surface area contributed by atoms with E-state index in [0.717, 1.165) is 53.1 Å². The zero-order chi connectivity index (χ0) is 22.2. The highest BCUT2D eigenvalue weighted by atomic mass is 32.1. The molecule has 1 amide bonds. The Hall–Kier alpha value is -2.61. The fourth-order valence-electron chi connectivity index (χ4n) is 3.79. The third-order valence-electron chi connectivity index (χ3n) is 5.42. The number of amides is 1. The number of nitrogens with zero attached hydrogens (tertiary/aromatic N) is 5. The van der Waals surface area contributed by atoms with E-state index in [0.29, 0.717) is 6.54 Å². The number of hydrogen-bond donors (Lipinski definition) is 1. The summed E-state index contributed by atoms with van der Waals surface area (Å²) in [6, 6.07) is 8.39. The van der Waals surface area contributed by atoms with Crippen LogP contribution >= 0.6 is 11.3 Å². The molecular formula is C23H32N6OS. The number of likely N-dealkylation sites (tertiary alicyclic amines) is 1. The van der Waals surface area contributed by atoms with Gasteiger partial charge in [0.2, 0.25) is 16.0 Å². The van der Waals surface area contributed by atoms with Crippen molar-refractivity contribution in [2.75, 3.05) is 36.9 Å². The molecule has 0 bridgehead atoms. The molecule has 0 unspecified atom stereocenters. The number of anilines is 2. The fourth-order valence-corrected chi connectivity index (χ4v) is 4.65. The van der Waals surface area contributed by atoms with Crippen LogP contribution in [-0.2, 0) is 4.79 Å². The molecule has 1 fully saturated rings. The van der Waals surface area contributed by atoms with E-state index in [1.54, 1.807) is 0 Å². The first-order chi connectivity index (χ1) is 14.7. The average Bonchev–Trinajstić information content (AvgIpc) is 3.28. The van der Waals surface area contributed by atoms with E-state index < -0.39 is 0 Å². The van der Waals surface area contributed by atoms with Crippen molar-refractivity contribution in [3.63, 3.8) is 0 Å². The Kier molecular flexibility index (Phi) is 5.92. The van der Waals surface area contributed by atoms with E-state index in [-0.39, 0.29) is 11.4 Å². The van der Waals surface area contributed by atoms with Gasteiger partial charge in [-0.2, -0.15) is 4.52 Å². The number of carbonyl (C=O) groups excluding carboxylic acids is 1. The predicted octanol–water partition coefficient (Wildman–Crippen LogP) is 4.43. The molecule has 0 aliphatic carbocycles. The smallest absolute Gasteiger partial charge is 0.242 e. The normalized spacial score (nSPS) is 14.8. The summed E-state index contributed by atoms with van der Waals surface area (Å²) in [5.74, 6) is 1.05. The fraction of sp³-hybridized carbons (Fsp3) is 0.522. The number of benzene rings is 1. The van der Waals surface area contributed by atoms with Crippen LogP contribution in [0.4, 0.5) is 10.9 Å². The summed E-state index contributed by atoms with van der Waals surface area (Å²) in [7, 11) is 1.93. The molecule has 0 atom stereocenters. The minimum atomic E-state index is -0.144. The number of imidazole rings is 1. The van der Waals surface area contributed by atoms with Gasteiger partial charge in [-0.05, 0) is 47.0 Å². The van der Waals surface area contributed by atoms with Crippen LogP contribution < -0.4 is 10.2 Å². The number of fused-ring (bicyclic) bond motifs is 1. The lowest BCUT2D eigenvalue weighted by Gasteiger charge is -2.28. The van der Waals surface area contributed by atoms with Crippen molar-refractivity contribution < 1.29 is 4.79 Å². The minimum Gasteiger partial charge on any atom is -0.364 e. The number of aromatic nitrogens is 3. The lowest BCUT2D eigenvalue weighted by molar-refractivity contribution is -0.130. The first kappa shape index (κ1) is 21.6. The molecular weight excluding hydrogens is 408 g/mol. The average molecular weight is 441 g/mol. The maximum atomic E-state index is 12.7. The van der Waals surface area contributed by atoms with Gasteiger partial charge in [-0.3, -0.25) is 4.79 Å². The Morgan fingerprint density at radius 3 is 2.48 bits per heavy atom. The van der Waals surface area contributed by atoms with Crippen molar-refractivity contribution >= 4 is 33.2 Å². The second kappa shape index (κ2) is 8.49. The highest BCUT2D eigenvalue weighted by Gasteiger charge is 2.24. The van der Waals surface area contributed by atoms with Gasteiger partial charge in [-0.1, -0.05) is 41.2 Å². The van der Waals surface area contributed by atoms with Gasteiger partial charge in [0.05, 0.1) is 6.54 Å². The van der Waals surface area contributed by atoms with E-state index in [9.17, 15) is 4.79 Å². The van der Waals surface area contributed by atoms with Gasteiger partial charge >= 0.3 is 0 Å². The summed E-state index contributed by atoms with van der Waals surface area (Å²) in [4.78, 5) is 22.3. The summed E-state index contributed by atoms with van der Waals surface area (Å²) in [6.45, 7) is 10.5. The van der Waals surface area contributed by atoms with Crippen molar-refractivity contribution in [1.82, 2.24) is 19.5 Å². The lowest BCUT2D eigenvalue weighted by Crippen LogP contribution is -2.41. The lowest BCUT2D eigenvalue weighted by atomic mass is 10.1. The molecule has 1 saturated heterocycles. The first-order valence-corrected chi connectivity index (χ1v) is 11.8. The van der Waals surface area contributed by atoms with Gasteiger partial charge in [-0.15, -0.1) is 5.10 Å². The highest BCUT2D eigenvalue weighted by molar-refractivity contribution is 7.20. The van der Waals surface area contributed by atoms with E-state index in [2.05, 4.69) is 57.3 Å². The van der Waals surface area contributed by atoms with Gasteiger partial charge in [0.25, 0.3) is 0 Å². The number of likely N-dealkylation sites (N-methyl/N-ethyl adjacent to an activating group) is 1. The van der Waals surface area contributed by atoms with Gasteiger partial charge in [0.15, 0.2) is 5.82 Å². The standard InChI is InChI=1S/C23H32N6OS/c1-16-9-11-17(12-10-16)19-20(25-23(2,3)4)29-21(24-19)31-22(26-29)27(5)15-18(30)28-13-7-6-8-14-28/h9-12,25H,6-8,13-15H2,1-5H3. The number of piperidine rings is 1. The van der Waals surface area contributed by atoms with Crippen LogP contribution in [0.3, 0.4) is 0 Å². The molecule has 1 N–H and O–H groups in total. The number of aryl methyl sites for hydroxylation is 1. The second-order valence-electron chi connectivity index (χ2n) is 9.43. The van der Waals surface area contributed by atoms with Gasteiger partial charge in [-0.25, -0.2) is 4.98 Å². The van der Waals surface area contributed by atoms with Crippen LogP contribution in [0.1, 0.15) is 45.6 Å². The molecule has 1 aliphatic heterocycles.